The van der Waals surface area contributed by atoms with E-state index in [0.717, 1.165) is 17.4 Å². The fourth-order valence-electron chi connectivity index (χ4n) is 2.25. The van der Waals surface area contributed by atoms with Gasteiger partial charge in [-0.05, 0) is 36.8 Å². The van der Waals surface area contributed by atoms with Gasteiger partial charge in [0.25, 0.3) is 0 Å². The van der Waals surface area contributed by atoms with Gasteiger partial charge in [0, 0.05) is 18.6 Å². The van der Waals surface area contributed by atoms with Gasteiger partial charge in [0.1, 0.15) is 0 Å². The Morgan fingerprint density at radius 3 is 2.67 bits per heavy atom. The molecule has 0 bridgehead atoms. The summed E-state index contributed by atoms with van der Waals surface area (Å²) >= 11 is 0. The number of carbonyl (C=O) groups is 1. The molecule has 1 atom stereocenters. The predicted molar refractivity (Wildman–Crippen MR) is 88.3 cm³/mol. The number of hydrogen-bond donors (Lipinski definition) is 2. The summed E-state index contributed by atoms with van der Waals surface area (Å²) in [6.07, 6.45) is 6.03. The number of halogens is 1. The maximum Gasteiger partial charge on any atom is 0.319 e. The van der Waals surface area contributed by atoms with Gasteiger partial charge in [0.15, 0.2) is 5.82 Å². The number of pyridine rings is 1. The molecule has 0 spiro atoms. The molecule has 0 aliphatic heterocycles. The van der Waals surface area contributed by atoms with Crippen LogP contribution in [-0.4, -0.2) is 20.8 Å². The monoisotopic (exact) mass is 325 g/mol. The zero-order valence-electron chi connectivity index (χ0n) is 13.0. The van der Waals surface area contributed by atoms with Gasteiger partial charge >= 0.3 is 6.03 Å². The van der Waals surface area contributed by atoms with E-state index in [9.17, 15) is 9.18 Å². The van der Waals surface area contributed by atoms with Crippen LogP contribution in [-0.2, 0) is 0 Å². The highest BCUT2D eigenvalue weighted by atomic mass is 19.1. The lowest BCUT2D eigenvalue weighted by molar-refractivity contribution is 0.249. The van der Waals surface area contributed by atoms with Gasteiger partial charge in [-0.2, -0.15) is 5.10 Å². The fourth-order valence-corrected chi connectivity index (χ4v) is 2.25. The van der Waals surface area contributed by atoms with E-state index < -0.39 is 11.8 Å². The summed E-state index contributed by atoms with van der Waals surface area (Å²) in [5, 5.41) is 9.39. The molecule has 6 nitrogen and oxygen atoms in total. The molecular weight excluding hydrogens is 309 g/mol. The topological polar surface area (TPSA) is 71.8 Å². The molecule has 0 radical (unpaired) electrons. The van der Waals surface area contributed by atoms with E-state index in [0.29, 0.717) is 0 Å². The number of aromatic nitrogens is 3. The molecule has 3 aromatic rings. The number of amides is 2. The van der Waals surface area contributed by atoms with Crippen LogP contribution in [0.25, 0.3) is 5.69 Å². The second kappa shape index (κ2) is 6.91. The lowest BCUT2D eigenvalue weighted by Crippen LogP contribution is -2.31. The molecular formula is C17H16FN5O. The summed E-state index contributed by atoms with van der Waals surface area (Å²) in [5.74, 6) is -0.580. The molecule has 2 amide bonds. The highest BCUT2D eigenvalue weighted by molar-refractivity contribution is 5.89. The third-order valence-electron chi connectivity index (χ3n) is 3.53. The molecule has 0 saturated heterocycles. The smallest absolute Gasteiger partial charge is 0.319 e. The third kappa shape index (κ3) is 3.57. The molecule has 2 heterocycles. The van der Waals surface area contributed by atoms with Gasteiger partial charge in [-0.3, -0.25) is 4.98 Å². The molecule has 1 aromatic carbocycles. The molecule has 24 heavy (non-hydrogen) atoms. The zero-order valence-corrected chi connectivity index (χ0v) is 13.0. The Bertz CT molecular complexity index is 817. The first kappa shape index (κ1) is 15.7. The van der Waals surface area contributed by atoms with Crippen LogP contribution in [0.3, 0.4) is 0 Å². The van der Waals surface area contributed by atoms with Gasteiger partial charge in [-0.15, -0.1) is 0 Å². The van der Waals surface area contributed by atoms with Gasteiger partial charge < -0.3 is 10.6 Å². The van der Waals surface area contributed by atoms with Crippen LogP contribution in [0.1, 0.15) is 18.5 Å². The van der Waals surface area contributed by atoms with Crippen LogP contribution in [0.5, 0.6) is 0 Å². The number of anilines is 1. The van der Waals surface area contributed by atoms with Crippen LogP contribution < -0.4 is 10.6 Å². The van der Waals surface area contributed by atoms with Crippen LogP contribution in [0, 0.1) is 5.82 Å². The number of hydrogen-bond acceptors (Lipinski definition) is 3. The van der Waals surface area contributed by atoms with Gasteiger partial charge in [0.2, 0.25) is 0 Å². The minimum absolute atomic E-state index is 0.0868. The Morgan fingerprint density at radius 2 is 2.00 bits per heavy atom. The minimum Gasteiger partial charge on any atom is -0.331 e. The summed E-state index contributed by atoms with van der Waals surface area (Å²) in [6, 6.07) is 10.2. The summed E-state index contributed by atoms with van der Waals surface area (Å²) in [7, 11) is 0. The van der Waals surface area contributed by atoms with Crippen LogP contribution in [0.15, 0.2) is 61.2 Å². The first-order chi connectivity index (χ1) is 11.6. The molecule has 0 fully saturated rings. The van der Waals surface area contributed by atoms with Crippen LogP contribution in [0.4, 0.5) is 14.9 Å². The Labute approximate surface area is 138 Å². The Balaban J connectivity index is 1.63. The average Bonchev–Trinajstić information content (AvgIpc) is 3.11. The van der Waals surface area contributed by atoms with Gasteiger partial charge in [0.05, 0.1) is 23.6 Å². The van der Waals surface area contributed by atoms with Crippen molar-refractivity contribution in [2.45, 2.75) is 13.0 Å². The van der Waals surface area contributed by atoms with Crippen LogP contribution in [0.2, 0.25) is 0 Å². The highest BCUT2D eigenvalue weighted by Crippen LogP contribution is 2.16. The van der Waals surface area contributed by atoms with Crippen molar-refractivity contribution in [1.82, 2.24) is 20.1 Å². The Morgan fingerprint density at radius 1 is 1.21 bits per heavy atom. The molecule has 122 valence electrons. The number of nitrogens with one attached hydrogen (secondary N) is 2. The van der Waals surface area contributed by atoms with Crippen molar-refractivity contribution in [3.8, 4) is 5.69 Å². The second-order valence-corrected chi connectivity index (χ2v) is 5.22. The van der Waals surface area contributed by atoms with Crippen molar-refractivity contribution in [3.63, 3.8) is 0 Å². The van der Waals surface area contributed by atoms with E-state index in [2.05, 4.69) is 20.7 Å². The van der Waals surface area contributed by atoms with E-state index in [1.807, 2.05) is 43.5 Å². The van der Waals surface area contributed by atoms with Gasteiger partial charge in [-0.25, -0.2) is 13.9 Å². The van der Waals surface area contributed by atoms with Crippen molar-refractivity contribution in [3.05, 3.63) is 72.6 Å². The second-order valence-electron chi connectivity index (χ2n) is 5.22. The molecule has 7 heteroatoms. The maximum atomic E-state index is 13.5. The van der Waals surface area contributed by atoms with E-state index in [1.165, 1.54) is 12.3 Å². The van der Waals surface area contributed by atoms with Crippen LogP contribution >= 0.6 is 0 Å². The highest BCUT2D eigenvalue weighted by Gasteiger charge is 2.11. The molecule has 0 aliphatic rings. The first-order valence-electron chi connectivity index (χ1n) is 7.40. The van der Waals surface area contributed by atoms with Crippen molar-refractivity contribution < 1.29 is 9.18 Å². The lowest BCUT2D eigenvalue weighted by atomic mass is 10.1. The van der Waals surface area contributed by atoms with Crippen molar-refractivity contribution >= 4 is 11.7 Å². The standard InChI is InChI=1S/C17H16FN5O/c1-12(21-17(24)22-16-7-9-19-11-15(16)18)13-3-5-14(6-4-13)23-10-2-8-20-23/h2-12H,1H3,(H2,19,21,22,24)/t12-/m1/s1. The summed E-state index contributed by atoms with van der Waals surface area (Å²) in [4.78, 5) is 15.6. The predicted octanol–water partition coefficient (Wildman–Crippen LogP) is 3.29. The number of nitrogens with zero attached hydrogens (tertiary/aromatic N) is 3. The number of benzene rings is 1. The molecule has 2 N–H and O–H groups in total. The molecule has 3 rings (SSSR count). The summed E-state index contributed by atoms with van der Waals surface area (Å²) in [6.45, 7) is 1.85. The van der Waals surface area contributed by atoms with Crippen molar-refractivity contribution in [2.75, 3.05) is 5.32 Å². The van der Waals surface area contributed by atoms with Gasteiger partial charge in [-0.1, -0.05) is 12.1 Å². The molecule has 0 unspecified atom stereocenters. The van der Waals surface area contributed by atoms with Crippen molar-refractivity contribution in [1.29, 1.82) is 0 Å². The molecule has 0 saturated carbocycles. The average molecular weight is 325 g/mol. The lowest BCUT2D eigenvalue weighted by Gasteiger charge is -2.15. The van der Waals surface area contributed by atoms with E-state index >= 15 is 0 Å². The van der Waals surface area contributed by atoms with E-state index in [-0.39, 0.29) is 11.7 Å². The fraction of sp³-hybridized carbons (Fsp3) is 0.118. The zero-order chi connectivity index (χ0) is 16.9. The number of urea groups is 1. The Hall–Kier alpha value is -3.22. The summed E-state index contributed by atoms with van der Waals surface area (Å²) in [5.41, 5.74) is 1.94. The third-order valence-corrected chi connectivity index (χ3v) is 3.53. The van der Waals surface area contributed by atoms with E-state index in [1.54, 1.807) is 10.9 Å². The Kier molecular flexibility index (Phi) is 4.51. The minimum atomic E-state index is -0.580. The maximum absolute atomic E-state index is 13.5. The SMILES string of the molecule is C[C@@H](NC(=O)Nc1ccncc1F)c1ccc(-n2cccn2)cc1. The van der Waals surface area contributed by atoms with E-state index in [4.69, 9.17) is 0 Å². The first-order valence-corrected chi connectivity index (χ1v) is 7.40. The molecule has 2 aromatic heterocycles. The largest absolute Gasteiger partial charge is 0.331 e. The molecule has 0 aliphatic carbocycles. The quantitative estimate of drug-likeness (QED) is 0.773. The number of carbonyl (C=O) groups excluding carboxylic acids is 1. The summed E-state index contributed by atoms with van der Waals surface area (Å²) < 4.78 is 15.2. The number of rotatable bonds is 4. The van der Waals surface area contributed by atoms with Crippen molar-refractivity contribution in [2.24, 2.45) is 0 Å². The normalized spacial score (nSPS) is 11.8.